The molecule has 0 saturated heterocycles. The number of benzene rings is 2. The molecule has 2 aromatic rings. The van der Waals surface area contributed by atoms with Crippen molar-refractivity contribution in [1.29, 1.82) is 0 Å². The Balaban J connectivity index is 2.51. The van der Waals surface area contributed by atoms with Crippen LogP contribution in [0.5, 0.6) is 5.75 Å². The van der Waals surface area contributed by atoms with E-state index in [-0.39, 0.29) is 17.9 Å². The van der Waals surface area contributed by atoms with Crippen LogP contribution in [0.1, 0.15) is 5.56 Å². The van der Waals surface area contributed by atoms with Gasteiger partial charge < -0.3 is 4.74 Å². The molecule has 1 aliphatic heterocycles. The zero-order valence-electron chi connectivity index (χ0n) is 10.9. The molecule has 2 N–H and O–H groups in total. The third-order valence-electron chi connectivity index (χ3n) is 3.29. The lowest BCUT2D eigenvalue weighted by atomic mass is 9.97. The first-order valence-electron chi connectivity index (χ1n) is 6.02. The van der Waals surface area contributed by atoms with Gasteiger partial charge in [0.05, 0.1) is 0 Å². The van der Waals surface area contributed by atoms with E-state index in [1.54, 1.807) is 24.3 Å². The van der Waals surface area contributed by atoms with Gasteiger partial charge in [-0.1, -0.05) is 24.3 Å². The van der Waals surface area contributed by atoms with Crippen molar-refractivity contribution in [1.82, 2.24) is 0 Å². The van der Waals surface area contributed by atoms with E-state index in [1.807, 2.05) is 0 Å². The van der Waals surface area contributed by atoms with Crippen molar-refractivity contribution in [3.63, 3.8) is 0 Å². The van der Waals surface area contributed by atoms with Gasteiger partial charge in [-0.25, -0.2) is 0 Å². The number of hydrogen-bond donors (Lipinski definition) is 2. The second-order valence-corrected chi connectivity index (χ2v) is 7.41. The van der Waals surface area contributed by atoms with Crippen LogP contribution in [0.4, 0.5) is 0 Å². The molecule has 1 heterocycles. The zero-order valence-corrected chi connectivity index (χ0v) is 12.6. The van der Waals surface area contributed by atoms with Crippen LogP contribution in [-0.2, 0) is 26.8 Å². The van der Waals surface area contributed by atoms with E-state index < -0.39 is 30.0 Å². The van der Waals surface area contributed by atoms with Gasteiger partial charge in [0.1, 0.15) is 22.1 Å². The van der Waals surface area contributed by atoms with Gasteiger partial charge >= 0.3 is 0 Å². The fraction of sp³-hybridized carbons (Fsp3) is 0.0769. The summed E-state index contributed by atoms with van der Waals surface area (Å²) in [7, 11) is -9.77. The van der Waals surface area contributed by atoms with Crippen molar-refractivity contribution in [3.05, 3.63) is 42.0 Å². The van der Waals surface area contributed by atoms with Crippen LogP contribution in [0, 0.1) is 0 Å². The zero-order chi connectivity index (χ0) is 16.1. The summed E-state index contributed by atoms with van der Waals surface area (Å²) in [6, 6.07) is 8.74. The lowest BCUT2D eigenvalue weighted by Gasteiger charge is -2.23. The molecular formula is C13H10O7S2. The van der Waals surface area contributed by atoms with Crippen LogP contribution in [-0.4, -0.2) is 25.9 Å². The Labute approximate surface area is 126 Å². The number of rotatable bonds is 2. The maximum Gasteiger partial charge on any atom is 0.296 e. The fourth-order valence-electron chi connectivity index (χ4n) is 2.43. The van der Waals surface area contributed by atoms with Crippen LogP contribution < -0.4 is 4.74 Å². The van der Waals surface area contributed by atoms with E-state index in [0.29, 0.717) is 11.1 Å². The number of hydrogen-bond acceptors (Lipinski definition) is 5. The van der Waals surface area contributed by atoms with Crippen molar-refractivity contribution >= 4 is 20.2 Å². The fourth-order valence-corrected chi connectivity index (χ4v) is 4.42. The molecule has 0 bridgehead atoms. The smallest absolute Gasteiger partial charge is 0.296 e. The molecule has 0 spiro atoms. The quantitative estimate of drug-likeness (QED) is 0.798. The van der Waals surface area contributed by atoms with Crippen molar-refractivity contribution in [2.45, 2.75) is 16.4 Å². The van der Waals surface area contributed by atoms with Crippen LogP contribution in [0.3, 0.4) is 0 Å². The highest BCUT2D eigenvalue weighted by atomic mass is 32.2. The summed E-state index contributed by atoms with van der Waals surface area (Å²) in [6.45, 7) is 0.180. The van der Waals surface area contributed by atoms with Gasteiger partial charge in [0, 0.05) is 5.56 Å². The maximum absolute atomic E-state index is 11.7. The van der Waals surface area contributed by atoms with Crippen LogP contribution >= 0.6 is 0 Å². The topological polar surface area (TPSA) is 118 Å². The van der Waals surface area contributed by atoms with Crippen molar-refractivity contribution in [2.75, 3.05) is 0 Å². The molecule has 0 aromatic heterocycles. The summed E-state index contributed by atoms with van der Waals surface area (Å²) in [6.07, 6.45) is 0. The third kappa shape index (κ3) is 2.37. The van der Waals surface area contributed by atoms with Gasteiger partial charge in [-0.15, -0.1) is 0 Å². The Hall–Kier alpha value is -1.94. The SMILES string of the molecule is O=S(=O)(O)c1ccc2c(c1S(=O)(=O)O)-c1ccccc1CO2. The second kappa shape index (κ2) is 4.78. The summed E-state index contributed by atoms with van der Waals surface area (Å²) in [5.41, 5.74) is 0.966. The van der Waals surface area contributed by atoms with Crippen LogP contribution in [0.2, 0.25) is 0 Å². The number of fused-ring (bicyclic) bond motifs is 3. The minimum absolute atomic E-state index is 0.0838. The predicted octanol–water partition coefficient (Wildman–Crippen LogP) is 1.74. The Bertz CT molecular complexity index is 975. The molecule has 0 atom stereocenters. The molecule has 2 aromatic carbocycles. The Morgan fingerprint density at radius 2 is 1.59 bits per heavy atom. The first kappa shape index (κ1) is 15.0. The molecule has 0 fully saturated rings. The van der Waals surface area contributed by atoms with Gasteiger partial charge in [-0.2, -0.15) is 16.8 Å². The summed E-state index contributed by atoms with van der Waals surface area (Å²) in [4.78, 5) is -1.78. The highest BCUT2D eigenvalue weighted by molar-refractivity contribution is 7.89. The largest absolute Gasteiger partial charge is 0.488 e. The maximum atomic E-state index is 11.7. The average Bonchev–Trinajstić information content (AvgIpc) is 2.43. The molecule has 3 rings (SSSR count). The standard InChI is InChI=1S/C13H10O7S2/c14-21(15,16)11-6-5-10-12(13(11)22(17,18)19)9-4-2-1-3-8(9)7-20-10/h1-6H,7H2,(H,14,15,16)(H,17,18,19). The molecule has 0 radical (unpaired) electrons. The van der Waals surface area contributed by atoms with Gasteiger partial charge in [0.25, 0.3) is 20.2 Å². The molecule has 116 valence electrons. The lowest BCUT2D eigenvalue weighted by Crippen LogP contribution is -2.14. The van der Waals surface area contributed by atoms with E-state index in [4.69, 9.17) is 4.74 Å². The van der Waals surface area contributed by atoms with Gasteiger partial charge in [-0.3, -0.25) is 9.11 Å². The first-order chi connectivity index (χ1) is 10.2. The van der Waals surface area contributed by atoms with Gasteiger partial charge in [-0.05, 0) is 23.3 Å². The van der Waals surface area contributed by atoms with E-state index in [2.05, 4.69) is 0 Å². The molecule has 0 saturated carbocycles. The summed E-state index contributed by atoms with van der Waals surface area (Å²) < 4.78 is 70.4. The van der Waals surface area contributed by atoms with Crippen LogP contribution in [0.15, 0.2) is 46.2 Å². The molecule has 9 heteroatoms. The molecular weight excluding hydrogens is 332 g/mol. The van der Waals surface area contributed by atoms with Crippen molar-refractivity contribution in [2.24, 2.45) is 0 Å². The Morgan fingerprint density at radius 3 is 2.23 bits per heavy atom. The van der Waals surface area contributed by atoms with Crippen molar-refractivity contribution in [3.8, 4) is 16.9 Å². The normalized spacial score (nSPS) is 13.9. The van der Waals surface area contributed by atoms with E-state index in [1.165, 1.54) is 6.07 Å². The predicted molar refractivity (Wildman–Crippen MR) is 75.8 cm³/mol. The molecule has 0 unspecified atom stereocenters. The van der Waals surface area contributed by atoms with Crippen LogP contribution in [0.25, 0.3) is 11.1 Å². The first-order valence-corrected chi connectivity index (χ1v) is 8.90. The second-order valence-electron chi connectivity index (χ2n) is 4.66. The molecule has 22 heavy (non-hydrogen) atoms. The monoisotopic (exact) mass is 342 g/mol. The molecule has 7 nitrogen and oxygen atoms in total. The Kier molecular flexibility index (Phi) is 3.25. The minimum atomic E-state index is -4.92. The highest BCUT2D eigenvalue weighted by Gasteiger charge is 2.32. The highest BCUT2D eigenvalue weighted by Crippen LogP contribution is 2.44. The Morgan fingerprint density at radius 1 is 0.909 bits per heavy atom. The molecule has 0 aliphatic carbocycles. The van der Waals surface area contributed by atoms with Gasteiger partial charge in [0.2, 0.25) is 0 Å². The van der Waals surface area contributed by atoms with E-state index >= 15 is 0 Å². The van der Waals surface area contributed by atoms with Crippen molar-refractivity contribution < 1.29 is 30.7 Å². The van der Waals surface area contributed by atoms with E-state index in [9.17, 15) is 25.9 Å². The molecule has 0 amide bonds. The lowest BCUT2D eigenvalue weighted by molar-refractivity contribution is 0.300. The minimum Gasteiger partial charge on any atom is -0.488 e. The summed E-state index contributed by atoms with van der Waals surface area (Å²) >= 11 is 0. The summed E-state index contributed by atoms with van der Waals surface area (Å²) in [5, 5.41) is 0. The third-order valence-corrected chi connectivity index (χ3v) is 5.25. The average molecular weight is 342 g/mol. The van der Waals surface area contributed by atoms with E-state index in [0.717, 1.165) is 6.07 Å². The molecule has 1 aliphatic rings. The number of ether oxygens (including phenoxy) is 1. The summed E-state index contributed by atoms with van der Waals surface area (Å²) in [5.74, 6) is 0.110. The van der Waals surface area contributed by atoms with Gasteiger partial charge in [0.15, 0.2) is 0 Å².